The van der Waals surface area contributed by atoms with Gasteiger partial charge in [-0.15, -0.1) is 0 Å². The fourth-order valence-corrected chi connectivity index (χ4v) is 2.95. The van der Waals surface area contributed by atoms with E-state index < -0.39 is 5.97 Å². The maximum absolute atomic E-state index is 12.3. The first-order valence-corrected chi connectivity index (χ1v) is 8.46. The molecule has 0 saturated heterocycles. The van der Waals surface area contributed by atoms with Gasteiger partial charge in [0.25, 0.3) is 0 Å². The Balaban J connectivity index is 1.59. The molecular weight excluding hydrogens is 316 g/mol. The molecule has 3 rings (SSSR count). The second-order valence-corrected chi connectivity index (χ2v) is 6.50. The highest BCUT2D eigenvalue weighted by atomic mass is 16.4. The van der Waals surface area contributed by atoms with Crippen LogP contribution in [0.2, 0.25) is 0 Å². The topological polar surface area (TPSA) is 78.4 Å². The first-order valence-electron chi connectivity index (χ1n) is 8.46. The summed E-state index contributed by atoms with van der Waals surface area (Å²) in [6.45, 7) is 2.42. The Kier molecular flexibility index (Phi) is 5.03. The van der Waals surface area contributed by atoms with E-state index in [0.717, 1.165) is 18.4 Å². The fraction of sp³-hybridized carbons (Fsp3) is 0.300. The molecule has 2 aromatic carbocycles. The molecule has 25 heavy (non-hydrogen) atoms. The summed E-state index contributed by atoms with van der Waals surface area (Å²) in [6, 6.07) is 14.5. The number of carbonyl (C=O) groups is 2. The van der Waals surface area contributed by atoms with Gasteiger partial charge in [0.2, 0.25) is 0 Å². The molecule has 0 heterocycles. The molecule has 0 bridgehead atoms. The van der Waals surface area contributed by atoms with E-state index in [1.807, 2.05) is 12.1 Å². The third-order valence-electron chi connectivity index (χ3n) is 4.56. The van der Waals surface area contributed by atoms with Crippen molar-refractivity contribution in [3.05, 3.63) is 70.8 Å². The Bertz CT molecular complexity index is 767. The number of aromatic carboxylic acids is 1. The predicted molar refractivity (Wildman–Crippen MR) is 95.4 cm³/mol. The van der Waals surface area contributed by atoms with E-state index in [-0.39, 0.29) is 17.6 Å². The lowest BCUT2D eigenvalue weighted by atomic mass is 9.98. The number of carboxylic acids is 1. The van der Waals surface area contributed by atoms with E-state index in [2.05, 4.69) is 29.7 Å². The van der Waals surface area contributed by atoms with Crippen molar-refractivity contribution in [2.45, 2.75) is 32.4 Å². The van der Waals surface area contributed by atoms with Gasteiger partial charge in [-0.25, -0.2) is 9.59 Å². The monoisotopic (exact) mass is 338 g/mol. The van der Waals surface area contributed by atoms with Crippen LogP contribution in [0.15, 0.2) is 48.5 Å². The minimum absolute atomic E-state index is 0.0376. The van der Waals surface area contributed by atoms with Gasteiger partial charge in [0.1, 0.15) is 0 Å². The van der Waals surface area contributed by atoms with Crippen molar-refractivity contribution in [1.29, 1.82) is 0 Å². The second kappa shape index (κ2) is 7.38. The zero-order chi connectivity index (χ0) is 17.8. The molecule has 2 aromatic rings. The van der Waals surface area contributed by atoms with Crippen molar-refractivity contribution in [2.75, 3.05) is 0 Å². The van der Waals surface area contributed by atoms with Crippen LogP contribution in [0.4, 0.5) is 4.79 Å². The minimum Gasteiger partial charge on any atom is -0.478 e. The fourth-order valence-electron chi connectivity index (χ4n) is 2.95. The number of rotatable bonds is 6. The lowest BCUT2D eigenvalue weighted by Gasteiger charge is -2.21. The van der Waals surface area contributed by atoms with Crippen LogP contribution in [0.1, 0.15) is 45.9 Å². The zero-order valence-corrected chi connectivity index (χ0v) is 14.2. The molecule has 1 aliphatic rings. The molecule has 5 heteroatoms. The standard InChI is InChI=1S/C20H22N2O3/c1-13-4-2-3-5-17(13)18(15-10-11-15)22-20(25)21-12-14-6-8-16(9-7-14)19(23)24/h2-9,15,18H,10-12H2,1H3,(H,23,24)(H2,21,22,25). The van der Waals surface area contributed by atoms with Crippen LogP contribution in [0, 0.1) is 12.8 Å². The van der Waals surface area contributed by atoms with Gasteiger partial charge in [-0.2, -0.15) is 0 Å². The zero-order valence-electron chi connectivity index (χ0n) is 14.2. The lowest BCUT2D eigenvalue weighted by molar-refractivity contribution is 0.0697. The molecule has 5 nitrogen and oxygen atoms in total. The summed E-state index contributed by atoms with van der Waals surface area (Å²) in [5.74, 6) is -0.454. The molecule has 1 atom stereocenters. The molecule has 3 N–H and O–H groups in total. The Hall–Kier alpha value is -2.82. The summed E-state index contributed by atoms with van der Waals surface area (Å²) in [5, 5.41) is 14.8. The Morgan fingerprint density at radius 2 is 1.80 bits per heavy atom. The average Bonchev–Trinajstić information content (AvgIpc) is 3.44. The Labute approximate surface area is 147 Å². The maximum atomic E-state index is 12.3. The Morgan fingerprint density at radius 3 is 2.40 bits per heavy atom. The molecule has 0 spiro atoms. The number of aryl methyl sites for hydroxylation is 1. The number of urea groups is 1. The summed E-state index contributed by atoms with van der Waals surface area (Å²) in [7, 11) is 0. The summed E-state index contributed by atoms with van der Waals surface area (Å²) >= 11 is 0. The smallest absolute Gasteiger partial charge is 0.335 e. The molecule has 1 aliphatic carbocycles. The number of benzene rings is 2. The van der Waals surface area contributed by atoms with E-state index in [0.29, 0.717) is 12.5 Å². The van der Waals surface area contributed by atoms with E-state index in [4.69, 9.17) is 5.11 Å². The molecule has 130 valence electrons. The highest BCUT2D eigenvalue weighted by molar-refractivity contribution is 5.87. The van der Waals surface area contributed by atoms with E-state index in [1.165, 1.54) is 23.3 Å². The SMILES string of the molecule is Cc1ccccc1C(NC(=O)NCc1ccc(C(=O)O)cc1)C1CC1. The number of carbonyl (C=O) groups excluding carboxylic acids is 1. The first-order chi connectivity index (χ1) is 12.0. The quantitative estimate of drug-likeness (QED) is 0.752. The summed E-state index contributed by atoms with van der Waals surface area (Å²) < 4.78 is 0. The molecule has 2 amide bonds. The first kappa shape index (κ1) is 17.0. The molecule has 0 aromatic heterocycles. The highest BCUT2D eigenvalue weighted by Crippen LogP contribution is 2.41. The summed E-state index contributed by atoms with van der Waals surface area (Å²) in [5.41, 5.74) is 3.45. The van der Waals surface area contributed by atoms with Crippen molar-refractivity contribution in [3.63, 3.8) is 0 Å². The van der Waals surface area contributed by atoms with Gasteiger partial charge < -0.3 is 15.7 Å². The normalized spacial score (nSPS) is 14.6. The predicted octanol–water partition coefficient (Wildman–Crippen LogP) is 3.64. The largest absolute Gasteiger partial charge is 0.478 e. The van der Waals surface area contributed by atoms with Crippen LogP contribution in [0.25, 0.3) is 0 Å². The van der Waals surface area contributed by atoms with Crippen molar-refractivity contribution >= 4 is 12.0 Å². The van der Waals surface area contributed by atoms with Gasteiger partial charge in [0.05, 0.1) is 11.6 Å². The molecule has 0 radical (unpaired) electrons. The van der Waals surface area contributed by atoms with Crippen LogP contribution >= 0.6 is 0 Å². The Morgan fingerprint density at radius 1 is 1.12 bits per heavy atom. The molecular formula is C20H22N2O3. The number of nitrogens with one attached hydrogen (secondary N) is 2. The van der Waals surface area contributed by atoms with E-state index in [1.54, 1.807) is 12.1 Å². The third kappa shape index (κ3) is 4.38. The van der Waals surface area contributed by atoms with Crippen molar-refractivity contribution in [3.8, 4) is 0 Å². The lowest BCUT2D eigenvalue weighted by Crippen LogP contribution is -2.38. The number of carboxylic acid groups (broad SMARTS) is 1. The number of hydrogen-bond acceptors (Lipinski definition) is 2. The highest BCUT2D eigenvalue weighted by Gasteiger charge is 2.34. The van der Waals surface area contributed by atoms with Gasteiger partial charge in [-0.1, -0.05) is 36.4 Å². The van der Waals surface area contributed by atoms with Crippen molar-refractivity contribution < 1.29 is 14.7 Å². The van der Waals surface area contributed by atoms with Crippen LogP contribution in [0.3, 0.4) is 0 Å². The van der Waals surface area contributed by atoms with E-state index in [9.17, 15) is 9.59 Å². The maximum Gasteiger partial charge on any atom is 0.335 e. The van der Waals surface area contributed by atoms with Crippen molar-refractivity contribution in [2.24, 2.45) is 5.92 Å². The van der Waals surface area contributed by atoms with Crippen LogP contribution < -0.4 is 10.6 Å². The number of amides is 2. The minimum atomic E-state index is -0.956. The average molecular weight is 338 g/mol. The molecule has 0 aliphatic heterocycles. The van der Waals surface area contributed by atoms with Gasteiger partial charge in [0.15, 0.2) is 0 Å². The van der Waals surface area contributed by atoms with Crippen LogP contribution in [0.5, 0.6) is 0 Å². The summed E-state index contributed by atoms with van der Waals surface area (Å²) in [6.07, 6.45) is 2.27. The molecule has 1 fully saturated rings. The molecule has 1 saturated carbocycles. The summed E-state index contributed by atoms with van der Waals surface area (Å²) in [4.78, 5) is 23.2. The van der Waals surface area contributed by atoms with Gasteiger partial charge in [0, 0.05) is 6.54 Å². The van der Waals surface area contributed by atoms with Crippen LogP contribution in [-0.2, 0) is 6.54 Å². The third-order valence-corrected chi connectivity index (χ3v) is 4.56. The van der Waals surface area contributed by atoms with Gasteiger partial charge in [-0.05, 0) is 54.5 Å². The number of hydrogen-bond donors (Lipinski definition) is 3. The van der Waals surface area contributed by atoms with Gasteiger partial charge >= 0.3 is 12.0 Å². The van der Waals surface area contributed by atoms with E-state index >= 15 is 0 Å². The molecule has 1 unspecified atom stereocenters. The van der Waals surface area contributed by atoms with Crippen molar-refractivity contribution in [1.82, 2.24) is 10.6 Å². The van der Waals surface area contributed by atoms with Crippen LogP contribution in [-0.4, -0.2) is 17.1 Å². The second-order valence-electron chi connectivity index (χ2n) is 6.50. The van der Waals surface area contributed by atoms with Gasteiger partial charge in [-0.3, -0.25) is 0 Å².